The molecule has 0 heterocycles. The highest BCUT2D eigenvalue weighted by molar-refractivity contribution is 8.13. The molecule has 0 aliphatic carbocycles. The van der Waals surface area contributed by atoms with Gasteiger partial charge >= 0.3 is 0 Å². The van der Waals surface area contributed by atoms with Gasteiger partial charge in [-0.2, -0.15) is 0 Å². The van der Waals surface area contributed by atoms with Gasteiger partial charge in [-0.05, 0) is 43.0 Å². The molecule has 0 bridgehead atoms. The number of aryl methyl sites for hydroxylation is 1. The van der Waals surface area contributed by atoms with E-state index in [9.17, 15) is 13.2 Å². The van der Waals surface area contributed by atoms with Crippen molar-refractivity contribution in [1.82, 2.24) is 5.32 Å². The lowest BCUT2D eigenvalue weighted by Crippen LogP contribution is -2.29. The Morgan fingerprint density at radius 3 is 2.29 bits per heavy atom. The molecule has 1 N–H and O–H groups in total. The van der Waals surface area contributed by atoms with Crippen molar-refractivity contribution in [1.29, 1.82) is 0 Å². The molecule has 1 aromatic rings. The van der Waals surface area contributed by atoms with Crippen molar-refractivity contribution in [2.45, 2.75) is 45.4 Å². The Kier molecular flexibility index (Phi) is 6.23. The maximum Gasteiger partial charge on any atom is 0.261 e. The molecule has 4 nitrogen and oxygen atoms in total. The van der Waals surface area contributed by atoms with E-state index in [1.165, 1.54) is 6.07 Å². The van der Waals surface area contributed by atoms with Crippen molar-refractivity contribution in [3.63, 3.8) is 0 Å². The van der Waals surface area contributed by atoms with Crippen LogP contribution < -0.4 is 5.32 Å². The molecule has 0 saturated heterocycles. The van der Waals surface area contributed by atoms with Crippen molar-refractivity contribution in [3.8, 4) is 0 Å². The normalized spacial score (nSPS) is 11.7. The van der Waals surface area contributed by atoms with Gasteiger partial charge in [0.2, 0.25) is 0 Å². The highest BCUT2D eigenvalue weighted by Gasteiger charge is 2.19. The van der Waals surface area contributed by atoms with Crippen LogP contribution in [0.15, 0.2) is 17.0 Å². The van der Waals surface area contributed by atoms with E-state index in [1.54, 1.807) is 19.9 Å². The molecule has 0 unspecified atom stereocenters. The Morgan fingerprint density at radius 2 is 1.81 bits per heavy atom. The minimum Gasteiger partial charge on any atom is -0.352 e. The number of amides is 1. The van der Waals surface area contributed by atoms with Gasteiger partial charge in [0.1, 0.15) is 0 Å². The van der Waals surface area contributed by atoms with Crippen LogP contribution in [-0.2, 0) is 9.05 Å². The van der Waals surface area contributed by atoms with Crippen molar-refractivity contribution in [2.75, 3.05) is 6.54 Å². The van der Waals surface area contributed by atoms with Crippen LogP contribution in [-0.4, -0.2) is 20.9 Å². The Bertz CT molecular complexity index is 622. The lowest BCUT2D eigenvalue weighted by atomic mass is 10.0. The van der Waals surface area contributed by atoms with Crippen LogP contribution in [0.1, 0.15) is 48.2 Å². The molecule has 0 fully saturated rings. The van der Waals surface area contributed by atoms with Gasteiger partial charge < -0.3 is 5.32 Å². The van der Waals surface area contributed by atoms with Gasteiger partial charge in [0, 0.05) is 22.8 Å². The number of carbonyl (C=O) groups is 1. The first-order valence-electron chi connectivity index (χ1n) is 7.04. The first-order valence-corrected chi connectivity index (χ1v) is 9.35. The maximum atomic E-state index is 12.2. The minimum atomic E-state index is -3.86. The zero-order chi connectivity index (χ0) is 16.2. The van der Waals surface area contributed by atoms with Crippen molar-refractivity contribution in [2.24, 2.45) is 5.92 Å². The third-order valence-corrected chi connectivity index (χ3v) is 5.30. The van der Waals surface area contributed by atoms with Gasteiger partial charge in [-0.15, -0.1) is 0 Å². The van der Waals surface area contributed by atoms with Crippen molar-refractivity contribution >= 4 is 25.6 Å². The van der Waals surface area contributed by atoms with Crippen LogP contribution in [0.2, 0.25) is 0 Å². The van der Waals surface area contributed by atoms with E-state index in [1.807, 2.05) is 0 Å². The lowest BCUT2D eigenvalue weighted by Gasteiger charge is -2.14. The van der Waals surface area contributed by atoms with Gasteiger partial charge in [-0.25, -0.2) is 8.42 Å². The molecule has 0 atom stereocenters. The summed E-state index contributed by atoms with van der Waals surface area (Å²) in [6.45, 7) is 8.18. The maximum absolute atomic E-state index is 12.2. The van der Waals surface area contributed by atoms with Crippen molar-refractivity contribution < 1.29 is 13.2 Å². The zero-order valence-electron chi connectivity index (χ0n) is 12.9. The summed E-state index contributed by atoms with van der Waals surface area (Å²) in [7, 11) is 1.57. The van der Waals surface area contributed by atoms with E-state index in [0.717, 1.165) is 18.4 Å². The van der Waals surface area contributed by atoms with Gasteiger partial charge in [0.05, 0.1) is 4.90 Å². The Hall–Kier alpha value is -1.07. The van der Waals surface area contributed by atoms with Gasteiger partial charge in [0.15, 0.2) is 0 Å². The first-order chi connectivity index (χ1) is 9.70. The molecule has 118 valence electrons. The summed E-state index contributed by atoms with van der Waals surface area (Å²) in [6, 6.07) is 3.02. The summed E-state index contributed by atoms with van der Waals surface area (Å²) in [5.41, 5.74) is 1.62. The summed E-state index contributed by atoms with van der Waals surface area (Å²) in [5.74, 6) is 0.156. The molecule has 1 rings (SSSR count). The summed E-state index contributed by atoms with van der Waals surface area (Å²) in [6.07, 6.45) is 1.98. The van der Waals surface area contributed by atoms with Crippen LogP contribution in [0, 0.1) is 19.8 Å². The van der Waals surface area contributed by atoms with Crippen LogP contribution in [0.25, 0.3) is 0 Å². The fourth-order valence-corrected chi connectivity index (χ4v) is 3.40. The number of halogens is 1. The van der Waals surface area contributed by atoms with E-state index in [2.05, 4.69) is 19.2 Å². The number of rotatable bonds is 6. The number of nitrogens with one attached hydrogen (secondary N) is 1. The molecule has 0 radical (unpaired) electrons. The van der Waals surface area contributed by atoms with Gasteiger partial charge in [-0.1, -0.05) is 26.7 Å². The van der Waals surface area contributed by atoms with Gasteiger partial charge in [-0.3, -0.25) is 4.79 Å². The highest BCUT2D eigenvalue weighted by Crippen LogP contribution is 2.24. The smallest absolute Gasteiger partial charge is 0.261 e. The molecule has 1 aromatic carbocycles. The Balaban J connectivity index is 3.04. The summed E-state index contributed by atoms with van der Waals surface area (Å²) < 4.78 is 23.1. The van der Waals surface area contributed by atoms with Crippen molar-refractivity contribution in [3.05, 3.63) is 28.8 Å². The monoisotopic (exact) mass is 331 g/mol. The molecule has 6 heteroatoms. The van der Waals surface area contributed by atoms with E-state index in [-0.39, 0.29) is 10.8 Å². The zero-order valence-corrected chi connectivity index (χ0v) is 14.4. The second-order valence-corrected chi connectivity index (χ2v) is 7.78. The summed E-state index contributed by atoms with van der Waals surface area (Å²) in [4.78, 5) is 12.2. The van der Waals surface area contributed by atoms with Crippen LogP contribution in [0.3, 0.4) is 0 Å². The molecule has 21 heavy (non-hydrogen) atoms. The molecule has 0 spiro atoms. The first kappa shape index (κ1) is 18.0. The SMILES string of the molecule is CCC(CC)CNC(=O)c1cc(C)c(C)c(S(=O)(=O)Cl)c1. The second kappa shape index (κ2) is 7.27. The highest BCUT2D eigenvalue weighted by atomic mass is 35.7. The number of hydrogen-bond donors (Lipinski definition) is 1. The van der Waals surface area contributed by atoms with Crippen LogP contribution in [0.4, 0.5) is 0 Å². The topological polar surface area (TPSA) is 63.2 Å². The number of hydrogen-bond acceptors (Lipinski definition) is 3. The molecule has 0 saturated carbocycles. The average molecular weight is 332 g/mol. The summed E-state index contributed by atoms with van der Waals surface area (Å²) in [5, 5.41) is 2.85. The molecular weight excluding hydrogens is 310 g/mol. The van der Waals surface area contributed by atoms with Crippen LogP contribution >= 0.6 is 10.7 Å². The van der Waals surface area contributed by atoms with E-state index in [4.69, 9.17) is 10.7 Å². The Labute approximate surface area is 131 Å². The number of carbonyl (C=O) groups excluding carboxylic acids is 1. The standard InChI is InChI=1S/C15H22ClNO3S/c1-5-12(6-2)9-17-15(18)13-7-10(3)11(4)14(8-13)21(16,19)20/h7-8,12H,5-6,9H2,1-4H3,(H,17,18). The summed E-state index contributed by atoms with van der Waals surface area (Å²) >= 11 is 0. The number of benzene rings is 1. The molecule has 0 aliphatic rings. The van der Waals surface area contributed by atoms with Gasteiger partial charge in [0.25, 0.3) is 15.0 Å². The largest absolute Gasteiger partial charge is 0.352 e. The van der Waals surface area contributed by atoms with Crippen LogP contribution in [0.5, 0.6) is 0 Å². The van der Waals surface area contributed by atoms with E-state index < -0.39 is 9.05 Å². The third-order valence-electron chi connectivity index (χ3n) is 3.85. The third kappa shape index (κ3) is 4.71. The predicted octanol–water partition coefficient (Wildman–Crippen LogP) is 3.40. The average Bonchev–Trinajstić information content (AvgIpc) is 2.41. The van der Waals surface area contributed by atoms with E-state index in [0.29, 0.717) is 23.6 Å². The second-order valence-electron chi connectivity index (χ2n) is 5.25. The lowest BCUT2D eigenvalue weighted by molar-refractivity contribution is 0.0946. The molecule has 1 amide bonds. The predicted molar refractivity (Wildman–Crippen MR) is 85.4 cm³/mol. The molecular formula is C15H22ClNO3S. The quantitative estimate of drug-likeness (QED) is 0.812. The Morgan fingerprint density at radius 1 is 1.24 bits per heavy atom. The fraction of sp³-hybridized carbons (Fsp3) is 0.533. The minimum absolute atomic E-state index is 0.00292. The molecule has 0 aliphatic heterocycles. The van der Waals surface area contributed by atoms with E-state index >= 15 is 0 Å². The fourth-order valence-electron chi connectivity index (χ4n) is 2.13. The molecule has 0 aromatic heterocycles.